The highest BCUT2D eigenvalue weighted by atomic mass is 32.2. The van der Waals surface area contributed by atoms with Crippen molar-refractivity contribution in [3.8, 4) is 0 Å². The lowest BCUT2D eigenvalue weighted by molar-refractivity contribution is 0.100. The standard InChI is InChI=1S/C18H19N3O4S/c1-2-26(24,25)18(12-22,16-5-3-4-9-20-16)21-10-8-13-11-14(17(19)23)6-7-15(13)21/h3-11,22H,2,12H2,1H3,(H2,19,23). The van der Waals surface area contributed by atoms with E-state index < -0.39 is 27.2 Å². The summed E-state index contributed by atoms with van der Waals surface area (Å²) in [5.41, 5.74) is 6.41. The highest BCUT2D eigenvalue weighted by Crippen LogP contribution is 2.35. The zero-order chi connectivity index (χ0) is 18.9. The van der Waals surface area contributed by atoms with Crippen LogP contribution >= 0.6 is 0 Å². The van der Waals surface area contributed by atoms with E-state index in [2.05, 4.69) is 4.98 Å². The minimum absolute atomic E-state index is 0.177. The molecule has 26 heavy (non-hydrogen) atoms. The number of aliphatic hydroxyl groups is 1. The molecular weight excluding hydrogens is 354 g/mol. The average molecular weight is 373 g/mol. The van der Waals surface area contributed by atoms with E-state index >= 15 is 0 Å². The molecule has 1 aromatic carbocycles. The number of nitrogens with zero attached hydrogens (tertiary/aromatic N) is 2. The van der Waals surface area contributed by atoms with Gasteiger partial charge in [-0.05, 0) is 36.4 Å². The first kappa shape index (κ1) is 18.1. The van der Waals surface area contributed by atoms with Gasteiger partial charge in [-0.15, -0.1) is 0 Å². The highest BCUT2D eigenvalue weighted by molar-refractivity contribution is 7.92. The van der Waals surface area contributed by atoms with Crippen molar-refractivity contribution in [1.82, 2.24) is 9.55 Å². The fourth-order valence-corrected chi connectivity index (χ4v) is 4.70. The predicted octanol–water partition coefficient (Wildman–Crippen LogP) is 1.26. The molecule has 1 atom stereocenters. The second-order valence-electron chi connectivity index (χ2n) is 5.88. The van der Waals surface area contributed by atoms with E-state index in [1.807, 2.05) is 0 Å². The molecule has 2 heterocycles. The first-order valence-corrected chi connectivity index (χ1v) is 9.68. The van der Waals surface area contributed by atoms with Crippen LogP contribution in [0.5, 0.6) is 0 Å². The number of sulfone groups is 1. The molecule has 3 N–H and O–H groups in total. The molecular formula is C18H19N3O4S. The van der Waals surface area contributed by atoms with Crippen molar-refractivity contribution in [3.63, 3.8) is 0 Å². The maximum absolute atomic E-state index is 13.1. The van der Waals surface area contributed by atoms with Gasteiger partial charge in [0.15, 0.2) is 9.84 Å². The molecule has 0 spiro atoms. The number of rotatable bonds is 6. The average Bonchev–Trinajstić information content (AvgIpc) is 3.07. The number of fused-ring (bicyclic) bond motifs is 1. The number of hydrogen-bond donors (Lipinski definition) is 2. The van der Waals surface area contributed by atoms with Crippen LogP contribution in [0.3, 0.4) is 0 Å². The van der Waals surface area contributed by atoms with E-state index in [0.29, 0.717) is 16.5 Å². The van der Waals surface area contributed by atoms with Crippen molar-refractivity contribution >= 4 is 26.6 Å². The third kappa shape index (κ3) is 2.58. The summed E-state index contributed by atoms with van der Waals surface area (Å²) >= 11 is 0. The summed E-state index contributed by atoms with van der Waals surface area (Å²) in [7, 11) is -3.81. The summed E-state index contributed by atoms with van der Waals surface area (Å²) in [6.45, 7) is 0.848. The minimum Gasteiger partial charge on any atom is -0.392 e. The number of carbonyl (C=O) groups excluding carboxylic acids is 1. The normalized spacial score (nSPS) is 14.2. The Labute approximate surface area is 151 Å². The first-order valence-electron chi connectivity index (χ1n) is 8.03. The second-order valence-corrected chi connectivity index (χ2v) is 8.37. The maximum atomic E-state index is 13.1. The zero-order valence-electron chi connectivity index (χ0n) is 14.2. The Hall–Kier alpha value is -2.71. The van der Waals surface area contributed by atoms with E-state index in [9.17, 15) is 18.3 Å². The molecule has 1 amide bonds. The fourth-order valence-electron chi connectivity index (χ4n) is 3.13. The second kappa shape index (κ2) is 6.54. The van der Waals surface area contributed by atoms with Gasteiger partial charge in [-0.2, -0.15) is 0 Å². The number of pyridine rings is 1. The number of aromatic nitrogens is 2. The molecule has 3 aromatic rings. The number of benzene rings is 1. The Morgan fingerprint density at radius 1 is 1.27 bits per heavy atom. The molecule has 0 bridgehead atoms. The summed E-state index contributed by atoms with van der Waals surface area (Å²) in [6, 6.07) is 11.3. The molecule has 0 aliphatic heterocycles. The Kier molecular flexibility index (Phi) is 4.55. The van der Waals surface area contributed by atoms with Gasteiger partial charge in [0.05, 0.1) is 18.1 Å². The van der Waals surface area contributed by atoms with Crippen LogP contribution in [-0.2, 0) is 14.7 Å². The molecule has 7 nitrogen and oxygen atoms in total. The van der Waals surface area contributed by atoms with E-state index in [1.54, 1.807) is 42.6 Å². The SMILES string of the molecule is CCS(=O)(=O)C(CO)(c1ccccn1)n1ccc2cc(C(N)=O)ccc21. The lowest BCUT2D eigenvalue weighted by Crippen LogP contribution is -2.47. The zero-order valence-corrected chi connectivity index (χ0v) is 15.0. The van der Waals surface area contributed by atoms with Gasteiger partial charge in [0.2, 0.25) is 10.8 Å². The first-order chi connectivity index (χ1) is 12.4. The molecule has 136 valence electrons. The topological polar surface area (TPSA) is 115 Å². The molecule has 3 rings (SSSR count). The van der Waals surface area contributed by atoms with Crippen LogP contribution in [-0.4, -0.2) is 41.3 Å². The van der Waals surface area contributed by atoms with Crippen LogP contribution in [0, 0.1) is 0 Å². The van der Waals surface area contributed by atoms with Gasteiger partial charge in [0, 0.05) is 28.9 Å². The van der Waals surface area contributed by atoms with Gasteiger partial charge < -0.3 is 15.4 Å². The van der Waals surface area contributed by atoms with E-state index in [-0.39, 0.29) is 11.4 Å². The monoisotopic (exact) mass is 373 g/mol. The van der Waals surface area contributed by atoms with Gasteiger partial charge in [-0.25, -0.2) is 8.42 Å². The van der Waals surface area contributed by atoms with Gasteiger partial charge in [-0.1, -0.05) is 13.0 Å². The van der Waals surface area contributed by atoms with Crippen LogP contribution in [0.15, 0.2) is 54.9 Å². The Balaban J connectivity index is 2.37. The van der Waals surface area contributed by atoms with Crippen molar-refractivity contribution in [2.24, 2.45) is 5.73 Å². The fraction of sp³-hybridized carbons (Fsp3) is 0.222. The molecule has 1 unspecified atom stereocenters. The van der Waals surface area contributed by atoms with Crippen molar-refractivity contribution in [3.05, 3.63) is 66.1 Å². The smallest absolute Gasteiger partial charge is 0.248 e. The number of carbonyl (C=O) groups is 1. The number of amides is 1. The summed E-state index contributed by atoms with van der Waals surface area (Å²) in [6.07, 6.45) is 3.06. The molecule has 0 saturated carbocycles. The number of primary amides is 1. The van der Waals surface area contributed by atoms with Crippen LogP contribution in [0.4, 0.5) is 0 Å². The molecule has 0 saturated heterocycles. The lowest BCUT2D eigenvalue weighted by atomic mass is 10.1. The van der Waals surface area contributed by atoms with Crippen molar-refractivity contribution in [1.29, 1.82) is 0 Å². The van der Waals surface area contributed by atoms with Crippen molar-refractivity contribution in [2.75, 3.05) is 12.4 Å². The Morgan fingerprint density at radius 2 is 2.04 bits per heavy atom. The summed E-state index contributed by atoms with van der Waals surface area (Å²) in [5.74, 6) is -0.748. The lowest BCUT2D eigenvalue weighted by Gasteiger charge is -2.33. The van der Waals surface area contributed by atoms with E-state index in [1.165, 1.54) is 23.8 Å². The molecule has 0 aliphatic rings. The van der Waals surface area contributed by atoms with Crippen molar-refractivity contribution < 1.29 is 18.3 Å². The van der Waals surface area contributed by atoms with E-state index in [4.69, 9.17) is 5.73 Å². The predicted molar refractivity (Wildman–Crippen MR) is 98.3 cm³/mol. The van der Waals surface area contributed by atoms with Crippen molar-refractivity contribution in [2.45, 2.75) is 11.8 Å². The van der Waals surface area contributed by atoms with Crippen LogP contribution in [0.2, 0.25) is 0 Å². The van der Waals surface area contributed by atoms with Gasteiger partial charge in [0.1, 0.15) is 0 Å². The summed E-state index contributed by atoms with van der Waals surface area (Å²) < 4.78 is 27.6. The molecule has 2 aromatic heterocycles. The summed E-state index contributed by atoms with van der Waals surface area (Å²) in [5, 5.41) is 10.9. The highest BCUT2D eigenvalue weighted by Gasteiger charge is 2.47. The minimum atomic E-state index is -3.81. The van der Waals surface area contributed by atoms with E-state index in [0.717, 1.165) is 0 Å². The van der Waals surface area contributed by atoms with Gasteiger partial charge in [-0.3, -0.25) is 9.78 Å². The van der Waals surface area contributed by atoms with Crippen LogP contribution < -0.4 is 5.73 Å². The molecule has 0 aliphatic carbocycles. The van der Waals surface area contributed by atoms with Crippen LogP contribution in [0.25, 0.3) is 10.9 Å². The third-order valence-electron chi connectivity index (χ3n) is 4.54. The van der Waals surface area contributed by atoms with Gasteiger partial charge >= 0.3 is 0 Å². The largest absolute Gasteiger partial charge is 0.392 e. The maximum Gasteiger partial charge on any atom is 0.248 e. The molecule has 0 radical (unpaired) electrons. The Bertz CT molecular complexity index is 1060. The van der Waals surface area contributed by atoms with Gasteiger partial charge in [0.25, 0.3) is 0 Å². The third-order valence-corrected chi connectivity index (χ3v) is 6.86. The molecule has 8 heteroatoms. The number of nitrogens with two attached hydrogens (primary N) is 1. The molecule has 0 fully saturated rings. The number of aliphatic hydroxyl groups excluding tert-OH is 1. The quantitative estimate of drug-likeness (QED) is 0.675. The summed E-state index contributed by atoms with van der Waals surface area (Å²) in [4.78, 5) is 13.8. The Morgan fingerprint density at radius 3 is 2.62 bits per heavy atom. The van der Waals surface area contributed by atoms with Crippen LogP contribution in [0.1, 0.15) is 23.0 Å². The number of hydrogen-bond acceptors (Lipinski definition) is 5.